The Labute approximate surface area is 147 Å². The molecule has 0 bridgehead atoms. The van der Waals surface area contributed by atoms with Crippen LogP contribution in [-0.2, 0) is 11.3 Å². The zero-order chi connectivity index (χ0) is 17.3. The molecule has 5 nitrogen and oxygen atoms in total. The molecule has 3 rings (SSSR count). The maximum absolute atomic E-state index is 12.1. The number of rotatable bonds is 8. The van der Waals surface area contributed by atoms with Crippen LogP contribution in [0.4, 0.5) is 0 Å². The second-order valence-electron chi connectivity index (χ2n) is 5.65. The Morgan fingerprint density at radius 1 is 1.04 bits per heavy atom. The summed E-state index contributed by atoms with van der Waals surface area (Å²) in [6.45, 7) is 1.81. The van der Waals surface area contributed by atoms with Crippen molar-refractivity contribution in [1.82, 2.24) is 15.1 Å². The van der Waals surface area contributed by atoms with Crippen molar-refractivity contribution in [3.05, 3.63) is 84.2 Å². The summed E-state index contributed by atoms with van der Waals surface area (Å²) in [6, 6.07) is 19.3. The first kappa shape index (κ1) is 16.9. The third kappa shape index (κ3) is 5.02. The summed E-state index contributed by atoms with van der Waals surface area (Å²) in [6.07, 6.45) is 4.37. The molecular weight excluding hydrogens is 314 g/mol. The number of carbonyl (C=O) groups is 1. The van der Waals surface area contributed by atoms with Crippen LogP contribution in [0.2, 0.25) is 0 Å². The monoisotopic (exact) mass is 335 g/mol. The van der Waals surface area contributed by atoms with Gasteiger partial charge in [0, 0.05) is 31.1 Å². The Bertz CT molecular complexity index is 768. The molecular formula is C20H21N3O2. The molecule has 0 aliphatic carbocycles. The first-order valence-corrected chi connectivity index (χ1v) is 8.33. The van der Waals surface area contributed by atoms with Gasteiger partial charge in [-0.15, -0.1) is 0 Å². The first-order chi connectivity index (χ1) is 12.3. The van der Waals surface area contributed by atoms with Crippen molar-refractivity contribution >= 4 is 5.91 Å². The molecule has 0 atom stereocenters. The number of benzene rings is 2. The minimum absolute atomic E-state index is 0.0740. The lowest BCUT2D eigenvalue weighted by molar-refractivity contribution is 0.0934. The maximum Gasteiger partial charge on any atom is 0.251 e. The molecule has 0 aliphatic heterocycles. The number of hydrogen-bond donors (Lipinski definition) is 1. The lowest BCUT2D eigenvalue weighted by Gasteiger charge is -2.07. The predicted octanol–water partition coefficient (Wildman–Crippen LogP) is 3.21. The van der Waals surface area contributed by atoms with Crippen LogP contribution in [-0.4, -0.2) is 28.8 Å². The van der Waals surface area contributed by atoms with Gasteiger partial charge in [-0.25, -0.2) is 4.68 Å². The van der Waals surface area contributed by atoms with E-state index < -0.39 is 0 Å². The second kappa shape index (κ2) is 8.80. The van der Waals surface area contributed by atoms with Gasteiger partial charge >= 0.3 is 0 Å². The second-order valence-corrected chi connectivity index (χ2v) is 5.65. The molecule has 0 saturated carbocycles. The predicted molar refractivity (Wildman–Crippen MR) is 96.6 cm³/mol. The topological polar surface area (TPSA) is 56.1 Å². The molecule has 25 heavy (non-hydrogen) atoms. The Kier molecular flexibility index (Phi) is 5.96. The molecule has 0 unspecified atom stereocenters. The number of nitrogens with one attached hydrogen (secondary N) is 1. The average Bonchev–Trinajstić information content (AvgIpc) is 3.20. The van der Waals surface area contributed by atoms with Crippen molar-refractivity contribution in [2.45, 2.75) is 13.0 Å². The van der Waals surface area contributed by atoms with E-state index in [9.17, 15) is 4.79 Å². The van der Waals surface area contributed by atoms with E-state index in [1.807, 2.05) is 54.7 Å². The van der Waals surface area contributed by atoms with E-state index in [-0.39, 0.29) is 5.91 Å². The summed E-state index contributed by atoms with van der Waals surface area (Å²) in [5.74, 6) is -0.0740. The molecule has 2 aromatic carbocycles. The highest BCUT2D eigenvalue weighted by Crippen LogP contribution is 2.08. The molecule has 0 aliphatic rings. The SMILES string of the molecule is O=C(NCCCOCc1ccccc1)c1ccc(-n2cccn2)cc1. The van der Waals surface area contributed by atoms with Crippen LogP contribution in [0.5, 0.6) is 0 Å². The molecule has 0 spiro atoms. The van der Waals surface area contributed by atoms with Gasteiger partial charge in [0.1, 0.15) is 0 Å². The third-order valence-electron chi connectivity index (χ3n) is 3.76. The minimum Gasteiger partial charge on any atom is -0.377 e. The van der Waals surface area contributed by atoms with Crippen molar-refractivity contribution in [3.8, 4) is 5.69 Å². The van der Waals surface area contributed by atoms with Gasteiger partial charge in [0.2, 0.25) is 0 Å². The number of hydrogen-bond acceptors (Lipinski definition) is 3. The molecule has 0 saturated heterocycles. The highest BCUT2D eigenvalue weighted by Gasteiger charge is 2.05. The molecule has 1 aromatic heterocycles. The summed E-state index contributed by atoms with van der Waals surface area (Å²) >= 11 is 0. The zero-order valence-electron chi connectivity index (χ0n) is 14.0. The van der Waals surface area contributed by atoms with E-state index >= 15 is 0 Å². The van der Waals surface area contributed by atoms with E-state index in [1.165, 1.54) is 0 Å². The van der Waals surface area contributed by atoms with Gasteiger partial charge in [0.15, 0.2) is 0 Å². The lowest BCUT2D eigenvalue weighted by atomic mass is 10.2. The molecule has 0 fully saturated rings. The fraction of sp³-hybridized carbons (Fsp3) is 0.200. The van der Waals surface area contributed by atoms with E-state index in [2.05, 4.69) is 10.4 Å². The summed E-state index contributed by atoms with van der Waals surface area (Å²) < 4.78 is 7.36. The van der Waals surface area contributed by atoms with Gasteiger partial charge in [-0.2, -0.15) is 5.10 Å². The Morgan fingerprint density at radius 3 is 2.56 bits per heavy atom. The van der Waals surface area contributed by atoms with E-state index in [0.29, 0.717) is 25.3 Å². The van der Waals surface area contributed by atoms with Crippen LogP contribution in [0.1, 0.15) is 22.3 Å². The molecule has 1 heterocycles. The summed E-state index contributed by atoms with van der Waals surface area (Å²) in [5.41, 5.74) is 2.72. The van der Waals surface area contributed by atoms with Crippen LogP contribution < -0.4 is 5.32 Å². The van der Waals surface area contributed by atoms with Gasteiger partial charge < -0.3 is 10.1 Å². The minimum atomic E-state index is -0.0740. The van der Waals surface area contributed by atoms with E-state index in [0.717, 1.165) is 17.7 Å². The van der Waals surface area contributed by atoms with Crippen molar-refractivity contribution in [1.29, 1.82) is 0 Å². The fourth-order valence-electron chi connectivity index (χ4n) is 2.43. The lowest BCUT2D eigenvalue weighted by Crippen LogP contribution is -2.25. The molecule has 3 aromatic rings. The number of carbonyl (C=O) groups excluding carboxylic acids is 1. The Balaban J connectivity index is 1.36. The smallest absolute Gasteiger partial charge is 0.251 e. The van der Waals surface area contributed by atoms with Crippen LogP contribution >= 0.6 is 0 Å². The average molecular weight is 335 g/mol. The van der Waals surface area contributed by atoms with Gasteiger partial charge in [-0.3, -0.25) is 4.79 Å². The van der Waals surface area contributed by atoms with Gasteiger partial charge in [0.25, 0.3) is 5.91 Å². The van der Waals surface area contributed by atoms with Crippen LogP contribution in [0.3, 0.4) is 0 Å². The van der Waals surface area contributed by atoms with Crippen molar-refractivity contribution in [2.75, 3.05) is 13.2 Å². The quantitative estimate of drug-likeness (QED) is 0.643. The highest BCUT2D eigenvalue weighted by atomic mass is 16.5. The number of nitrogens with zero attached hydrogens (tertiary/aromatic N) is 2. The highest BCUT2D eigenvalue weighted by molar-refractivity contribution is 5.94. The van der Waals surface area contributed by atoms with Crippen molar-refractivity contribution in [2.24, 2.45) is 0 Å². The van der Waals surface area contributed by atoms with Crippen molar-refractivity contribution < 1.29 is 9.53 Å². The van der Waals surface area contributed by atoms with Gasteiger partial charge in [-0.05, 0) is 42.3 Å². The van der Waals surface area contributed by atoms with Crippen LogP contribution in [0, 0.1) is 0 Å². The first-order valence-electron chi connectivity index (χ1n) is 8.33. The van der Waals surface area contributed by atoms with Crippen LogP contribution in [0.15, 0.2) is 73.1 Å². The van der Waals surface area contributed by atoms with Crippen molar-refractivity contribution in [3.63, 3.8) is 0 Å². The third-order valence-corrected chi connectivity index (χ3v) is 3.76. The zero-order valence-corrected chi connectivity index (χ0v) is 14.0. The molecule has 128 valence electrons. The van der Waals surface area contributed by atoms with E-state index in [1.54, 1.807) is 23.0 Å². The molecule has 1 amide bonds. The fourth-order valence-corrected chi connectivity index (χ4v) is 2.43. The van der Waals surface area contributed by atoms with Gasteiger partial charge in [0.05, 0.1) is 12.3 Å². The Hall–Kier alpha value is -2.92. The summed E-state index contributed by atoms with van der Waals surface area (Å²) in [7, 11) is 0. The number of ether oxygens (including phenoxy) is 1. The molecule has 1 N–H and O–H groups in total. The molecule has 0 radical (unpaired) electrons. The van der Waals surface area contributed by atoms with Gasteiger partial charge in [-0.1, -0.05) is 30.3 Å². The Morgan fingerprint density at radius 2 is 1.84 bits per heavy atom. The number of aromatic nitrogens is 2. The normalized spacial score (nSPS) is 10.6. The molecule has 5 heteroatoms. The largest absolute Gasteiger partial charge is 0.377 e. The van der Waals surface area contributed by atoms with E-state index in [4.69, 9.17) is 4.74 Å². The summed E-state index contributed by atoms with van der Waals surface area (Å²) in [5, 5.41) is 7.07. The number of amides is 1. The maximum atomic E-state index is 12.1. The summed E-state index contributed by atoms with van der Waals surface area (Å²) in [4.78, 5) is 12.1. The standard InChI is InChI=1S/C20H21N3O2/c24-20(18-8-10-19(11-9-18)23-14-4-13-22-23)21-12-5-15-25-16-17-6-2-1-3-7-17/h1-4,6-11,13-14H,5,12,15-16H2,(H,21,24). The van der Waals surface area contributed by atoms with Crippen LogP contribution in [0.25, 0.3) is 5.69 Å².